The van der Waals surface area contributed by atoms with E-state index in [0.29, 0.717) is 29.8 Å². The second-order valence-electron chi connectivity index (χ2n) is 8.58. The molecule has 0 radical (unpaired) electrons. The Morgan fingerprint density at radius 2 is 1.85 bits per heavy atom. The Balaban J connectivity index is 1.43. The number of hydrogen-bond acceptors (Lipinski definition) is 5. The van der Waals surface area contributed by atoms with Gasteiger partial charge in [-0.15, -0.1) is 0 Å². The van der Waals surface area contributed by atoms with Gasteiger partial charge in [0.1, 0.15) is 5.75 Å². The van der Waals surface area contributed by atoms with Crippen molar-refractivity contribution >= 4 is 33.2 Å². The normalized spacial score (nSPS) is 19.4. The van der Waals surface area contributed by atoms with Gasteiger partial charge in [0, 0.05) is 30.8 Å². The van der Waals surface area contributed by atoms with Gasteiger partial charge in [0.25, 0.3) is 5.91 Å². The van der Waals surface area contributed by atoms with Gasteiger partial charge < -0.3 is 15.4 Å². The number of sulfonamides is 1. The Labute approximate surface area is 194 Å². The van der Waals surface area contributed by atoms with E-state index >= 15 is 0 Å². The molecule has 2 aliphatic rings. The molecule has 0 spiro atoms. The average molecular weight is 472 g/mol. The van der Waals surface area contributed by atoms with Gasteiger partial charge in [0.05, 0.1) is 10.6 Å². The topological polar surface area (TPSA) is 105 Å². The van der Waals surface area contributed by atoms with Gasteiger partial charge in [-0.2, -0.15) is 4.31 Å². The minimum Gasteiger partial charge on any atom is -0.479 e. The summed E-state index contributed by atoms with van der Waals surface area (Å²) < 4.78 is 33.7. The van der Waals surface area contributed by atoms with Gasteiger partial charge in [-0.3, -0.25) is 9.59 Å². The van der Waals surface area contributed by atoms with Crippen molar-refractivity contribution in [3.63, 3.8) is 0 Å². The predicted molar refractivity (Wildman–Crippen MR) is 126 cm³/mol. The fourth-order valence-electron chi connectivity index (χ4n) is 4.19. The van der Waals surface area contributed by atoms with Crippen LogP contribution in [0.3, 0.4) is 0 Å². The molecule has 2 aromatic carbocycles. The Bertz CT molecular complexity index is 1170. The highest BCUT2D eigenvalue weighted by molar-refractivity contribution is 7.89. The van der Waals surface area contributed by atoms with Crippen LogP contribution in [-0.4, -0.2) is 43.7 Å². The van der Waals surface area contributed by atoms with Gasteiger partial charge in [-0.25, -0.2) is 8.42 Å². The molecule has 2 amide bonds. The zero-order valence-electron chi connectivity index (χ0n) is 19.1. The van der Waals surface area contributed by atoms with Crippen LogP contribution >= 0.6 is 0 Å². The summed E-state index contributed by atoms with van der Waals surface area (Å²) in [5.41, 5.74) is 2.95. The Morgan fingerprint density at radius 3 is 2.48 bits per heavy atom. The lowest BCUT2D eigenvalue weighted by molar-refractivity contribution is -0.123. The number of ether oxygens (including phenoxy) is 1. The van der Waals surface area contributed by atoms with Crippen LogP contribution in [0.25, 0.3) is 0 Å². The number of aryl methyl sites for hydroxylation is 2. The molecule has 2 heterocycles. The van der Waals surface area contributed by atoms with Crippen molar-refractivity contribution < 1.29 is 22.7 Å². The maximum Gasteiger partial charge on any atom is 0.265 e. The van der Waals surface area contributed by atoms with E-state index in [2.05, 4.69) is 17.6 Å². The fourth-order valence-corrected chi connectivity index (χ4v) is 5.88. The van der Waals surface area contributed by atoms with E-state index in [4.69, 9.17) is 4.74 Å². The summed E-state index contributed by atoms with van der Waals surface area (Å²) in [6.07, 6.45) is 1.14. The number of rotatable bonds is 5. The first-order valence-electron chi connectivity index (χ1n) is 11.2. The molecule has 0 aromatic heterocycles. The van der Waals surface area contributed by atoms with E-state index < -0.39 is 16.1 Å². The highest BCUT2D eigenvalue weighted by Crippen LogP contribution is 2.36. The fraction of sp³-hybridized carbons (Fsp3) is 0.417. The molecule has 2 aliphatic heterocycles. The van der Waals surface area contributed by atoms with Crippen molar-refractivity contribution in [2.45, 2.75) is 51.0 Å². The highest BCUT2D eigenvalue weighted by Gasteiger charge is 2.34. The third-order valence-electron chi connectivity index (χ3n) is 6.28. The van der Waals surface area contributed by atoms with Crippen LogP contribution in [0.1, 0.15) is 37.8 Å². The molecule has 4 rings (SSSR count). The van der Waals surface area contributed by atoms with E-state index in [0.717, 1.165) is 12.1 Å². The van der Waals surface area contributed by atoms with Crippen LogP contribution in [0.4, 0.5) is 11.4 Å². The lowest BCUT2D eigenvalue weighted by Crippen LogP contribution is -2.41. The number of benzene rings is 2. The first kappa shape index (κ1) is 23.3. The maximum absolute atomic E-state index is 13.4. The number of carbonyl (C=O) groups excluding carboxylic acids is 2. The van der Waals surface area contributed by atoms with Crippen LogP contribution in [0.5, 0.6) is 5.75 Å². The molecule has 176 valence electrons. The number of carbonyl (C=O) groups is 2. The first-order valence-corrected chi connectivity index (χ1v) is 12.6. The van der Waals surface area contributed by atoms with Crippen molar-refractivity contribution in [1.82, 2.24) is 4.31 Å². The number of anilines is 2. The van der Waals surface area contributed by atoms with Crippen molar-refractivity contribution in [1.29, 1.82) is 0 Å². The zero-order chi connectivity index (χ0) is 23.8. The van der Waals surface area contributed by atoms with E-state index in [1.165, 1.54) is 15.9 Å². The first-order chi connectivity index (χ1) is 15.7. The van der Waals surface area contributed by atoms with Gasteiger partial charge in [0.15, 0.2) is 6.10 Å². The summed E-state index contributed by atoms with van der Waals surface area (Å²) in [7, 11) is -3.76. The summed E-state index contributed by atoms with van der Waals surface area (Å²) in [4.78, 5) is 24.7. The molecular formula is C24H29N3O5S. The summed E-state index contributed by atoms with van der Waals surface area (Å²) in [5.74, 6) is -0.250. The summed E-state index contributed by atoms with van der Waals surface area (Å²) in [5, 5.41) is 5.68. The monoisotopic (exact) mass is 471 g/mol. The van der Waals surface area contributed by atoms with Crippen LogP contribution in [-0.2, 0) is 26.0 Å². The molecule has 2 aromatic rings. The van der Waals surface area contributed by atoms with Crippen molar-refractivity contribution in [3.8, 4) is 5.75 Å². The van der Waals surface area contributed by atoms with Crippen molar-refractivity contribution in [2.24, 2.45) is 5.92 Å². The number of fused-ring (bicyclic) bond motifs is 1. The number of piperidine rings is 1. The van der Waals surface area contributed by atoms with Crippen LogP contribution in [0, 0.1) is 12.8 Å². The lowest BCUT2D eigenvalue weighted by atomic mass is 9.97. The predicted octanol–water partition coefficient (Wildman–Crippen LogP) is 3.32. The molecule has 0 saturated carbocycles. The van der Waals surface area contributed by atoms with E-state index in [1.54, 1.807) is 19.9 Å². The molecule has 1 atom stereocenters. The second-order valence-corrected chi connectivity index (χ2v) is 10.5. The molecule has 0 unspecified atom stereocenters. The van der Waals surface area contributed by atoms with Gasteiger partial charge in [0.2, 0.25) is 15.9 Å². The summed E-state index contributed by atoms with van der Waals surface area (Å²) in [6, 6.07) is 10.9. The number of hydrogen-bond donors (Lipinski definition) is 2. The smallest absolute Gasteiger partial charge is 0.265 e. The minimum atomic E-state index is -3.76. The molecule has 0 bridgehead atoms. The standard InChI is InChI=1S/C24H29N3O5S/c1-4-17-5-7-19(8-6-17)25-24(29)18-9-11-27(12-10-18)33(30,31)22-14-21-20(13-15(22)2)26-23(28)16(3)32-21/h5-8,13-14,16,18H,4,9-12H2,1-3H3,(H,25,29)(H,26,28)/t16-/m1/s1. The van der Waals surface area contributed by atoms with E-state index in [1.807, 2.05) is 24.3 Å². The van der Waals surface area contributed by atoms with E-state index in [9.17, 15) is 18.0 Å². The van der Waals surface area contributed by atoms with Crippen LogP contribution in [0.15, 0.2) is 41.3 Å². The number of nitrogens with one attached hydrogen (secondary N) is 2. The number of nitrogens with zero attached hydrogens (tertiary/aromatic N) is 1. The molecule has 33 heavy (non-hydrogen) atoms. The molecule has 1 saturated heterocycles. The largest absolute Gasteiger partial charge is 0.479 e. The maximum atomic E-state index is 13.4. The number of amides is 2. The molecule has 9 heteroatoms. The molecule has 1 fully saturated rings. The van der Waals surface area contributed by atoms with Gasteiger partial charge >= 0.3 is 0 Å². The lowest BCUT2D eigenvalue weighted by Gasteiger charge is -2.31. The van der Waals surface area contributed by atoms with Crippen LogP contribution < -0.4 is 15.4 Å². The quantitative estimate of drug-likeness (QED) is 0.696. The zero-order valence-corrected chi connectivity index (χ0v) is 19.9. The average Bonchev–Trinajstić information content (AvgIpc) is 2.80. The van der Waals surface area contributed by atoms with Crippen LogP contribution in [0.2, 0.25) is 0 Å². The summed E-state index contributed by atoms with van der Waals surface area (Å²) >= 11 is 0. The second kappa shape index (κ2) is 9.15. The van der Waals surface area contributed by atoms with Crippen molar-refractivity contribution in [2.75, 3.05) is 23.7 Å². The summed E-state index contributed by atoms with van der Waals surface area (Å²) in [6.45, 7) is 5.91. The molecule has 2 N–H and O–H groups in total. The Hall–Kier alpha value is -2.91. The molecule has 0 aliphatic carbocycles. The van der Waals surface area contributed by atoms with Gasteiger partial charge in [-0.1, -0.05) is 19.1 Å². The molecular weight excluding hydrogens is 442 g/mol. The van der Waals surface area contributed by atoms with Gasteiger partial charge in [-0.05, 0) is 62.4 Å². The Kier molecular flexibility index (Phi) is 6.45. The van der Waals surface area contributed by atoms with Crippen molar-refractivity contribution in [3.05, 3.63) is 47.5 Å². The molecule has 8 nitrogen and oxygen atoms in total. The Morgan fingerprint density at radius 1 is 1.18 bits per heavy atom. The highest BCUT2D eigenvalue weighted by atomic mass is 32.2. The third-order valence-corrected chi connectivity index (χ3v) is 8.32. The SMILES string of the molecule is CCc1ccc(NC(=O)C2CCN(S(=O)(=O)c3cc4c(cc3C)NC(=O)[C@@H](C)O4)CC2)cc1. The third kappa shape index (κ3) is 4.74. The minimum absolute atomic E-state index is 0.0839. The van der Waals surface area contributed by atoms with E-state index in [-0.39, 0.29) is 35.7 Å².